The standard InChI is InChI=1S/C11H13NO/c1-7-3-4-9-10(8(2)13)6-12-11(9)5-7/h3-6,8,12-13H,1-2H3/t8-/m1/s1. The molecule has 2 rings (SSSR count). The van der Waals surface area contributed by atoms with E-state index >= 15 is 0 Å². The zero-order valence-corrected chi connectivity index (χ0v) is 7.83. The summed E-state index contributed by atoms with van der Waals surface area (Å²) in [4.78, 5) is 3.15. The van der Waals surface area contributed by atoms with Crippen molar-refractivity contribution in [3.63, 3.8) is 0 Å². The number of nitrogens with one attached hydrogen (secondary N) is 1. The molecule has 0 saturated heterocycles. The summed E-state index contributed by atoms with van der Waals surface area (Å²) in [6.07, 6.45) is 1.46. The molecule has 2 aromatic rings. The lowest BCUT2D eigenvalue weighted by Crippen LogP contribution is -1.87. The van der Waals surface area contributed by atoms with E-state index in [4.69, 9.17) is 0 Å². The van der Waals surface area contributed by atoms with E-state index in [9.17, 15) is 5.11 Å². The molecule has 2 N–H and O–H groups in total. The first-order valence-electron chi connectivity index (χ1n) is 4.44. The molecule has 13 heavy (non-hydrogen) atoms. The van der Waals surface area contributed by atoms with E-state index in [0.717, 1.165) is 16.5 Å². The average Bonchev–Trinajstić information content (AvgIpc) is 2.46. The molecule has 0 amide bonds. The van der Waals surface area contributed by atoms with Gasteiger partial charge in [0.1, 0.15) is 0 Å². The summed E-state index contributed by atoms with van der Waals surface area (Å²) in [6, 6.07) is 6.19. The summed E-state index contributed by atoms with van der Waals surface area (Å²) < 4.78 is 0. The molecular formula is C11H13NO. The Bertz CT molecular complexity index is 429. The molecule has 0 fully saturated rings. The van der Waals surface area contributed by atoms with E-state index in [1.165, 1.54) is 5.56 Å². The van der Waals surface area contributed by atoms with Crippen LogP contribution in [0.4, 0.5) is 0 Å². The van der Waals surface area contributed by atoms with Gasteiger partial charge in [0.15, 0.2) is 0 Å². The number of H-pyrrole nitrogens is 1. The van der Waals surface area contributed by atoms with Gasteiger partial charge in [-0.1, -0.05) is 12.1 Å². The smallest absolute Gasteiger partial charge is 0.0782 e. The number of aliphatic hydroxyl groups is 1. The Morgan fingerprint density at radius 1 is 1.38 bits per heavy atom. The predicted octanol–water partition coefficient (Wildman–Crippen LogP) is 2.53. The van der Waals surface area contributed by atoms with Gasteiger partial charge in [-0.3, -0.25) is 0 Å². The van der Waals surface area contributed by atoms with Crippen LogP contribution in [-0.4, -0.2) is 10.1 Å². The summed E-state index contributed by atoms with van der Waals surface area (Å²) in [6.45, 7) is 3.84. The summed E-state index contributed by atoms with van der Waals surface area (Å²) in [7, 11) is 0. The average molecular weight is 175 g/mol. The highest BCUT2D eigenvalue weighted by atomic mass is 16.3. The third-order valence-corrected chi connectivity index (χ3v) is 2.32. The lowest BCUT2D eigenvalue weighted by atomic mass is 10.1. The Hall–Kier alpha value is -1.28. The predicted molar refractivity (Wildman–Crippen MR) is 53.7 cm³/mol. The monoisotopic (exact) mass is 175 g/mol. The molecule has 0 unspecified atom stereocenters. The summed E-state index contributed by atoms with van der Waals surface area (Å²) >= 11 is 0. The van der Waals surface area contributed by atoms with Crippen LogP contribution >= 0.6 is 0 Å². The van der Waals surface area contributed by atoms with Gasteiger partial charge in [0.2, 0.25) is 0 Å². The van der Waals surface area contributed by atoms with Crippen LogP contribution in [0.5, 0.6) is 0 Å². The van der Waals surface area contributed by atoms with Crippen molar-refractivity contribution in [3.8, 4) is 0 Å². The van der Waals surface area contributed by atoms with Crippen LogP contribution in [0, 0.1) is 6.92 Å². The van der Waals surface area contributed by atoms with E-state index in [1.54, 1.807) is 6.92 Å². The number of rotatable bonds is 1. The molecule has 1 aromatic heterocycles. The van der Waals surface area contributed by atoms with Gasteiger partial charge in [-0.15, -0.1) is 0 Å². The second kappa shape index (κ2) is 2.89. The molecule has 1 aromatic carbocycles. The highest BCUT2D eigenvalue weighted by Gasteiger charge is 2.07. The largest absolute Gasteiger partial charge is 0.389 e. The van der Waals surface area contributed by atoms with Gasteiger partial charge in [-0.25, -0.2) is 0 Å². The normalized spacial score (nSPS) is 13.5. The van der Waals surface area contributed by atoms with Crippen molar-refractivity contribution in [2.24, 2.45) is 0 Å². The number of fused-ring (bicyclic) bond motifs is 1. The van der Waals surface area contributed by atoms with Gasteiger partial charge in [0, 0.05) is 22.7 Å². The van der Waals surface area contributed by atoms with Gasteiger partial charge in [0.05, 0.1) is 6.10 Å². The fraction of sp³-hybridized carbons (Fsp3) is 0.273. The molecule has 0 radical (unpaired) electrons. The summed E-state index contributed by atoms with van der Waals surface area (Å²) in [5.41, 5.74) is 3.29. The first-order chi connectivity index (χ1) is 6.18. The molecule has 2 heteroatoms. The van der Waals surface area contributed by atoms with Crippen molar-refractivity contribution in [3.05, 3.63) is 35.5 Å². The maximum Gasteiger partial charge on any atom is 0.0782 e. The van der Waals surface area contributed by atoms with Gasteiger partial charge in [0.25, 0.3) is 0 Å². The van der Waals surface area contributed by atoms with Gasteiger partial charge < -0.3 is 10.1 Å². The number of hydrogen-bond donors (Lipinski definition) is 2. The molecule has 0 aliphatic carbocycles. The lowest BCUT2D eigenvalue weighted by Gasteiger charge is -2.01. The minimum atomic E-state index is -0.406. The Morgan fingerprint density at radius 3 is 2.85 bits per heavy atom. The van der Waals surface area contributed by atoms with Gasteiger partial charge in [-0.05, 0) is 25.5 Å². The first-order valence-corrected chi connectivity index (χ1v) is 4.44. The van der Waals surface area contributed by atoms with Crippen LogP contribution < -0.4 is 0 Å². The number of hydrogen-bond acceptors (Lipinski definition) is 1. The van der Waals surface area contributed by atoms with Crippen molar-refractivity contribution in [1.29, 1.82) is 0 Å². The van der Waals surface area contributed by atoms with Crippen molar-refractivity contribution < 1.29 is 5.11 Å². The maximum atomic E-state index is 9.46. The SMILES string of the molecule is Cc1ccc2c([C@@H](C)O)c[nH]c2c1. The minimum absolute atomic E-state index is 0.406. The number of aliphatic hydroxyl groups excluding tert-OH is 1. The summed E-state index contributed by atoms with van der Waals surface area (Å²) in [5, 5.41) is 10.6. The highest BCUT2D eigenvalue weighted by Crippen LogP contribution is 2.24. The zero-order valence-electron chi connectivity index (χ0n) is 7.83. The molecule has 0 saturated carbocycles. The summed E-state index contributed by atoms with van der Waals surface area (Å²) in [5.74, 6) is 0. The van der Waals surface area contributed by atoms with Crippen molar-refractivity contribution >= 4 is 10.9 Å². The van der Waals surface area contributed by atoms with E-state index < -0.39 is 6.10 Å². The molecular weight excluding hydrogens is 162 g/mol. The van der Waals surface area contributed by atoms with Crippen molar-refractivity contribution in [2.75, 3.05) is 0 Å². The second-order valence-electron chi connectivity index (χ2n) is 3.47. The van der Waals surface area contributed by atoms with E-state index in [1.807, 2.05) is 12.3 Å². The first kappa shape index (κ1) is 8.32. The van der Waals surface area contributed by atoms with Crippen LogP contribution in [0.25, 0.3) is 10.9 Å². The Morgan fingerprint density at radius 2 is 2.15 bits per heavy atom. The Kier molecular flexibility index (Phi) is 1.85. The molecule has 0 spiro atoms. The zero-order chi connectivity index (χ0) is 9.42. The fourth-order valence-electron chi connectivity index (χ4n) is 1.61. The maximum absolute atomic E-state index is 9.46. The number of aromatic amines is 1. The van der Waals surface area contributed by atoms with Crippen LogP contribution in [0.2, 0.25) is 0 Å². The van der Waals surface area contributed by atoms with E-state index in [2.05, 4.69) is 24.0 Å². The molecule has 1 heterocycles. The molecule has 0 bridgehead atoms. The topological polar surface area (TPSA) is 36.0 Å². The number of benzene rings is 1. The number of aryl methyl sites for hydroxylation is 1. The van der Waals surface area contributed by atoms with Crippen molar-refractivity contribution in [1.82, 2.24) is 4.98 Å². The fourth-order valence-corrected chi connectivity index (χ4v) is 1.61. The number of aromatic nitrogens is 1. The molecule has 68 valence electrons. The van der Waals surface area contributed by atoms with E-state index in [0.29, 0.717) is 0 Å². The Balaban J connectivity index is 2.69. The van der Waals surface area contributed by atoms with Crippen LogP contribution in [0.15, 0.2) is 24.4 Å². The van der Waals surface area contributed by atoms with E-state index in [-0.39, 0.29) is 0 Å². The van der Waals surface area contributed by atoms with Crippen LogP contribution in [0.1, 0.15) is 24.2 Å². The molecule has 0 aliphatic rings. The van der Waals surface area contributed by atoms with Gasteiger partial charge in [-0.2, -0.15) is 0 Å². The van der Waals surface area contributed by atoms with Crippen LogP contribution in [-0.2, 0) is 0 Å². The lowest BCUT2D eigenvalue weighted by molar-refractivity contribution is 0.201. The quantitative estimate of drug-likeness (QED) is 0.686. The van der Waals surface area contributed by atoms with Crippen molar-refractivity contribution in [2.45, 2.75) is 20.0 Å². The van der Waals surface area contributed by atoms with Crippen LogP contribution in [0.3, 0.4) is 0 Å². The molecule has 0 aliphatic heterocycles. The third kappa shape index (κ3) is 1.33. The third-order valence-electron chi connectivity index (χ3n) is 2.32. The highest BCUT2D eigenvalue weighted by molar-refractivity contribution is 5.84. The Labute approximate surface area is 77.2 Å². The van der Waals surface area contributed by atoms with Gasteiger partial charge >= 0.3 is 0 Å². The molecule has 1 atom stereocenters. The second-order valence-corrected chi connectivity index (χ2v) is 3.47. The molecule has 2 nitrogen and oxygen atoms in total. The minimum Gasteiger partial charge on any atom is -0.389 e.